The number of hydrogen-bond donors (Lipinski definition) is 1. The molecule has 15 heavy (non-hydrogen) atoms. The zero-order valence-electron chi connectivity index (χ0n) is 10.7. The third kappa shape index (κ3) is 2.73. The monoisotopic (exact) mass is 210 g/mol. The number of rotatable bonds is 6. The second-order valence-corrected chi connectivity index (χ2v) is 6.03. The van der Waals surface area contributed by atoms with Gasteiger partial charge in [0.2, 0.25) is 0 Å². The molecule has 0 heterocycles. The normalized spacial score (nSPS) is 27.8. The topological polar surface area (TPSA) is 15.3 Å². The molecule has 2 aliphatic rings. The SMILES string of the molecule is CC(CNC(C)C1(C)CC1)N(C)C1CC1. The van der Waals surface area contributed by atoms with Gasteiger partial charge in [-0.25, -0.2) is 0 Å². The highest BCUT2D eigenvalue weighted by Gasteiger charge is 2.42. The Labute approximate surface area is 94.4 Å². The van der Waals surface area contributed by atoms with Crippen molar-refractivity contribution in [2.45, 2.75) is 64.6 Å². The predicted molar refractivity (Wildman–Crippen MR) is 65.1 cm³/mol. The Balaban J connectivity index is 1.67. The molecule has 1 N–H and O–H groups in total. The summed E-state index contributed by atoms with van der Waals surface area (Å²) in [5.74, 6) is 0. The Kier molecular flexibility index (Phi) is 3.09. The van der Waals surface area contributed by atoms with E-state index in [1.807, 2.05) is 0 Å². The van der Waals surface area contributed by atoms with Gasteiger partial charge in [0.05, 0.1) is 0 Å². The summed E-state index contributed by atoms with van der Waals surface area (Å²) in [4.78, 5) is 2.54. The maximum Gasteiger partial charge on any atom is 0.0192 e. The zero-order chi connectivity index (χ0) is 11.1. The van der Waals surface area contributed by atoms with Crippen LogP contribution in [0.5, 0.6) is 0 Å². The molecular formula is C13H26N2. The smallest absolute Gasteiger partial charge is 0.0192 e. The van der Waals surface area contributed by atoms with Crippen LogP contribution in [0.25, 0.3) is 0 Å². The lowest BCUT2D eigenvalue weighted by Gasteiger charge is -2.28. The number of nitrogens with zero attached hydrogens (tertiary/aromatic N) is 1. The minimum absolute atomic E-state index is 0.609. The molecule has 2 unspecified atom stereocenters. The minimum Gasteiger partial charge on any atom is -0.312 e. The highest BCUT2D eigenvalue weighted by molar-refractivity contribution is 4.97. The summed E-state index contributed by atoms with van der Waals surface area (Å²) in [6, 6.07) is 2.25. The molecule has 0 bridgehead atoms. The molecule has 2 atom stereocenters. The van der Waals surface area contributed by atoms with E-state index in [1.165, 1.54) is 25.7 Å². The first-order chi connectivity index (χ1) is 7.03. The molecule has 0 aliphatic heterocycles. The van der Waals surface area contributed by atoms with Crippen LogP contribution in [0.3, 0.4) is 0 Å². The summed E-state index contributed by atoms with van der Waals surface area (Å²) < 4.78 is 0. The van der Waals surface area contributed by atoms with Crippen LogP contribution in [0, 0.1) is 5.41 Å². The van der Waals surface area contributed by atoms with Crippen molar-refractivity contribution >= 4 is 0 Å². The van der Waals surface area contributed by atoms with E-state index in [9.17, 15) is 0 Å². The molecule has 88 valence electrons. The van der Waals surface area contributed by atoms with E-state index in [0.29, 0.717) is 17.5 Å². The van der Waals surface area contributed by atoms with Crippen LogP contribution in [0.1, 0.15) is 46.5 Å². The highest BCUT2D eigenvalue weighted by Crippen LogP contribution is 2.47. The van der Waals surface area contributed by atoms with E-state index in [0.717, 1.165) is 12.6 Å². The quantitative estimate of drug-likeness (QED) is 0.723. The van der Waals surface area contributed by atoms with Gasteiger partial charge in [-0.15, -0.1) is 0 Å². The Morgan fingerprint density at radius 1 is 1.33 bits per heavy atom. The van der Waals surface area contributed by atoms with Crippen LogP contribution < -0.4 is 5.32 Å². The number of nitrogens with one attached hydrogen (secondary N) is 1. The Morgan fingerprint density at radius 2 is 1.93 bits per heavy atom. The van der Waals surface area contributed by atoms with Crippen molar-refractivity contribution in [2.24, 2.45) is 5.41 Å². The molecule has 2 aliphatic carbocycles. The summed E-state index contributed by atoms with van der Waals surface area (Å²) in [6.07, 6.45) is 5.64. The zero-order valence-corrected chi connectivity index (χ0v) is 10.7. The highest BCUT2D eigenvalue weighted by atomic mass is 15.2. The summed E-state index contributed by atoms with van der Waals surface area (Å²) in [5, 5.41) is 3.71. The maximum absolute atomic E-state index is 3.71. The van der Waals surface area contributed by atoms with Crippen molar-refractivity contribution in [2.75, 3.05) is 13.6 Å². The fraction of sp³-hybridized carbons (Fsp3) is 1.00. The van der Waals surface area contributed by atoms with Crippen molar-refractivity contribution < 1.29 is 0 Å². The largest absolute Gasteiger partial charge is 0.312 e. The fourth-order valence-corrected chi connectivity index (χ4v) is 2.21. The van der Waals surface area contributed by atoms with Crippen molar-refractivity contribution in [1.82, 2.24) is 10.2 Å². The van der Waals surface area contributed by atoms with Crippen molar-refractivity contribution in [3.8, 4) is 0 Å². The second-order valence-electron chi connectivity index (χ2n) is 6.03. The van der Waals surface area contributed by atoms with Crippen LogP contribution in [0.4, 0.5) is 0 Å². The molecule has 2 nitrogen and oxygen atoms in total. The van der Waals surface area contributed by atoms with E-state index in [4.69, 9.17) is 0 Å². The van der Waals surface area contributed by atoms with E-state index in [2.05, 4.69) is 38.0 Å². The third-order valence-corrected chi connectivity index (χ3v) is 4.62. The van der Waals surface area contributed by atoms with Crippen molar-refractivity contribution in [3.05, 3.63) is 0 Å². The molecule has 0 aromatic heterocycles. The van der Waals surface area contributed by atoms with Gasteiger partial charge in [-0.3, -0.25) is 4.90 Å². The van der Waals surface area contributed by atoms with Crippen LogP contribution in [0.15, 0.2) is 0 Å². The second kappa shape index (κ2) is 4.06. The van der Waals surface area contributed by atoms with Crippen LogP contribution in [-0.2, 0) is 0 Å². The van der Waals surface area contributed by atoms with Gasteiger partial charge in [0.1, 0.15) is 0 Å². The minimum atomic E-state index is 0.609. The summed E-state index contributed by atoms with van der Waals surface area (Å²) >= 11 is 0. The first-order valence-electron chi connectivity index (χ1n) is 6.48. The van der Waals surface area contributed by atoms with E-state index in [1.54, 1.807) is 0 Å². The van der Waals surface area contributed by atoms with Gasteiger partial charge >= 0.3 is 0 Å². The Bertz CT molecular complexity index is 219. The average Bonchev–Trinajstić information content (AvgIpc) is 3.06. The number of likely N-dealkylation sites (N-methyl/N-ethyl adjacent to an activating group) is 1. The van der Waals surface area contributed by atoms with E-state index in [-0.39, 0.29) is 0 Å². The molecule has 0 amide bonds. The van der Waals surface area contributed by atoms with Crippen LogP contribution in [-0.4, -0.2) is 36.6 Å². The van der Waals surface area contributed by atoms with Gasteiger partial charge in [-0.1, -0.05) is 6.92 Å². The molecule has 2 fully saturated rings. The lowest BCUT2D eigenvalue weighted by atomic mass is 10.0. The average molecular weight is 210 g/mol. The van der Waals surface area contributed by atoms with Crippen LogP contribution >= 0.6 is 0 Å². The van der Waals surface area contributed by atoms with Gasteiger partial charge in [0.25, 0.3) is 0 Å². The lowest BCUT2D eigenvalue weighted by Crippen LogP contribution is -2.44. The van der Waals surface area contributed by atoms with Gasteiger partial charge in [-0.05, 0) is 52.0 Å². The molecule has 2 saturated carbocycles. The summed E-state index contributed by atoms with van der Waals surface area (Å²) in [6.45, 7) is 8.23. The molecule has 0 saturated heterocycles. The summed E-state index contributed by atoms with van der Waals surface area (Å²) in [5.41, 5.74) is 0.609. The number of hydrogen-bond acceptors (Lipinski definition) is 2. The Morgan fingerprint density at radius 3 is 2.40 bits per heavy atom. The standard InChI is InChI=1S/C13H26N2/c1-10(15(4)12-5-6-12)9-14-11(2)13(3)7-8-13/h10-12,14H,5-9H2,1-4H3. The predicted octanol–water partition coefficient (Wildman–Crippen LogP) is 2.25. The molecule has 2 heteroatoms. The fourth-order valence-electron chi connectivity index (χ4n) is 2.21. The maximum atomic E-state index is 3.71. The van der Waals surface area contributed by atoms with Gasteiger partial charge in [0, 0.05) is 24.7 Å². The van der Waals surface area contributed by atoms with Gasteiger partial charge < -0.3 is 5.32 Å². The van der Waals surface area contributed by atoms with Gasteiger partial charge in [0.15, 0.2) is 0 Å². The molecule has 0 aromatic carbocycles. The van der Waals surface area contributed by atoms with Crippen LogP contribution in [0.2, 0.25) is 0 Å². The lowest BCUT2D eigenvalue weighted by molar-refractivity contribution is 0.227. The van der Waals surface area contributed by atoms with Gasteiger partial charge in [-0.2, -0.15) is 0 Å². The Hall–Kier alpha value is -0.0800. The van der Waals surface area contributed by atoms with E-state index < -0.39 is 0 Å². The summed E-state index contributed by atoms with van der Waals surface area (Å²) in [7, 11) is 2.27. The third-order valence-electron chi connectivity index (χ3n) is 4.62. The first-order valence-corrected chi connectivity index (χ1v) is 6.48. The van der Waals surface area contributed by atoms with Crippen molar-refractivity contribution in [3.63, 3.8) is 0 Å². The van der Waals surface area contributed by atoms with E-state index >= 15 is 0 Å². The molecule has 0 aromatic rings. The first kappa shape index (κ1) is 11.4. The van der Waals surface area contributed by atoms with Crippen molar-refractivity contribution in [1.29, 1.82) is 0 Å². The molecular weight excluding hydrogens is 184 g/mol. The molecule has 0 radical (unpaired) electrons. The molecule has 0 spiro atoms. The molecule has 2 rings (SSSR count).